The van der Waals surface area contributed by atoms with Gasteiger partial charge in [-0.2, -0.15) is 0 Å². The molecule has 66 valence electrons. The largest absolute Gasteiger partial charge is 0.238 e. The molecule has 0 fully saturated rings. The first-order valence-electron chi connectivity index (χ1n) is 4.11. The highest BCUT2D eigenvalue weighted by atomic mass is 32.1. The Balaban J connectivity index is 2.87. The molecule has 0 N–H and O–H groups in total. The third-order valence-electron chi connectivity index (χ3n) is 1.98. The van der Waals surface area contributed by atoms with Gasteiger partial charge in [0, 0.05) is 16.0 Å². The maximum Gasteiger partial charge on any atom is 0.126 e. The number of aromatic nitrogens is 2. The quantitative estimate of drug-likeness (QED) is 0.646. The lowest BCUT2D eigenvalue weighted by Crippen LogP contribution is -1.92. The fourth-order valence-electron chi connectivity index (χ4n) is 1.41. The molecule has 2 aromatic rings. The molecule has 0 bridgehead atoms. The molecule has 1 heterocycles. The van der Waals surface area contributed by atoms with Crippen molar-refractivity contribution in [2.24, 2.45) is 0 Å². The van der Waals surface area contributed by atoms with Crippen LogP contribution in [0.1, 0.15) is 11.5 Å². The number of aryl methyl sites for hydroxylation is 2. The fourth-order valence-corrected chi connectivity index (χ4v) is 1.62. The van der Waals surface area contributed by atoms with E-state index < -0.39 is 0 Å². The van der Waals surface area contributed by atoms with Crippen LogP contribution in [0.2, 0.25) is 0 Å². The molecule has 3 heteroatoms. The van der Waals surface area contributed by atoms with Crippen molar-refractivity contribution in [3.63, 3.8) is 0 Å². The summed E-state index contributed by atoms with van der Waals surface area (Å²) >= 11 is 4.28. The van der Waals surface area contributed by atoms with E-state index in [4.69, 9.17) is 0 Å². The highest BCUT2D eigenvalue weighted by Crippen LogP contribution is 2.18. The second-order valence-corrected chi connectivity index (χ2v) is 3.57. The Morgan fingerprint density at radius 1 is 1.15 bits per heavy atom. The normalized spacial score (nSPS) is 10.7. The minimum atomic E-state index is 0.817. The summed E-state index contributed by atoms with van der Waals surface area (Å²) in [5.41, 5.74) is 2.00. The predicted octanol–water partition coefficient (Wildman–Crippen LogP) is 2.54. The van der Waals surface area contributed by atoms with Crippen LogP contribution < -0.4 is 0 Å². The third-order valence-corrected chi connectivity index (χ3v) is 2.26. The van der Waals surface area contributed by atoms with Gasteiger partial charge in [0.2, 0.25) is 0 Å². The summed E-state index contributed by atoms with van der Waals surface area (Å²) in [4.78, 5) is 9.58. The van der Waals surface area contributed by atoms with Gasteiger partial charge >= 0.3 is 0 Å². The maximum atomic E-state index is 4.33. The molecule has 0 atom stereocenters. The number of fused-ring (bicyclic) bond motifs is 1. The van der Waals surface area contributed by atoms with E-state index in [1.807, 2.05) is 32.0 Å². The lowest BCUT2D eigenvalue weighted by atomic mass is 10.2. The van der Waals surface area contributed by atoms with Crippen molar-refractivity contribution in [3.8, 4) is 0 Å². The Kier molecular flexibility index (Phi) is 1.96. The van der Waals surface area contributed by atoms with Gasteiger partial charge < -0.3 is 0 Å². The zero-order chi connectivity index (χ0) is 9.42. The van der Waals surface area contributed by atoms with Crippen LogP contribution in [0.25, 0.3) is 10.9 Å². The van der Waals surface area contributed by atoms with Crippen molar-refractivity contribution in [2.75, 3.05) is 0 Å². The predicted molar refractivity (Wildman–Crippen MR) is 56.3 cm³/mol. The molecule has 0 aliphatic rings. The first-order chi connectivity index (χ1) is 6.16. The molecule has 1 aromatic heterocycles. The second kappa shape index (κ2) is 3.00. The molecule has 0 aliphatic heterocycles. The molecule has 2 rings (SSSR count). The molecule has 0 saturated carbocycles. The van der Waals surface area contributed by atoms with E-state index in [-0.39, 0.29) is 0 Å². The zero-order valence-electron chi connectivity index (χ0n) is 7.57. The van der Waals surface area contributed by atoms with Gasteiger partial charge in [-0.15, -0.1) is 12.6 Å². The van der Waals surface area contributed by atoms with Gasteiger partial charge in [0.15, 0.2) is 0 Å². The van der Waals surface area contributed by atoms with Gasteiger partial charge in [-0.05, 0) is 32.0 Å². The van der Waals surface area contributed by atoms with Crippen LogP contribution in [-0.4, -0.2) is 9.97 Å². The Hall–Kier alpha value is -1.09. The van der Waals surface area contributed by atoms with E-state index in [9.17, 15) is 0 Å². The topological polar surface area (TPSA) is 25.8 Å². The highest BCUT2D eigenvalue weighted by Gasteiger charge is 2.01. The number of thiol groups is 1. The molecule has 2 nitrogen and oxygen atoms in total. The molecule has 0 aliphatic carbocycles. The molecule has 0 amide bonds. The lowest BCUT2D eigenvalue weighted by molar-refractivity contribution is 1.05. The fraction of sp³-hybridized carbons (Fsp3) is 0.200. The SMILES string of the molecule is Cc1nc(C)c2cc(S)ccc2n1. The minimum Gasteiger partial charge on any atom is -0.238 e. The standard InChI is InChI=1S/C10H10N2S/c1-6-9-5-8(13)3-4-10(9)12-7(2)11-6/h3-5,13H,1-2H3. The molecular formula is C10H10N2S. The summed E-state index contributed by atoms with van der Waals surface area (Å²) in [6.07, 6.45) is 0. The van der Waals surface area contributed by atoms with Crippen LogP contribution in [-0.2, 0) is 0 Å². The van der Waals surface area contributed by atoms with Crippen LogP contribution in [0.3, 0.4) is 0 Å². The van der Waals surface area contributed by atoms with E-state index in [1.165, 1.54) is 0 Å². The van der Waals surface area contributed by atoms with Gasteiger partial charge in [-0.3, -0.25) is 0 Å². The summed E-state index contributed by atoms with van der Waals surface area (Å²) in [7, 11) is 0. The Labute approximate surface area is 82.4 Å². The summed E-state index contributed by atoms with van der Waals surface area (Å²) in [5.74, 6) is 0.817. The summed E-state index contributed by atoms with van der Waals surface area (Å²) in [6, 6.07) is 5.91. The first-order valence-corrected chi connectivity index (χ1v) is 4.55. The van der Waals surface area contributed by atoms with E-state index in [0.717, 1.165) is 27.3 Å². The second-order valence-electron chi connectivity index (χ2n) is 3.06. The molecule has 0 saturated heterocycles. The molecule has 0 spiro atoms. The van der Waals surface area contributed by atoms with Crippen LogP contribution in [0.4, 0.5) is 0 Å². The van der Waals surface area contributed by atoms with E-state index in [0.29, 0.717) is 0 Å². The number of hydrogen-bond acceptors (Lipinski definition) is 3. The zero-order valence-corrected chi connectivity index (χ0v) is 8.47. The first kappa shape index (κ1) is 8.51. The van der Waals surface area contributed by atoms with Crippen LogP contribution in [0.15, 0.2) is 23.1 Å². The van der Waals surface area contributed by atoms with Gasteiger partial charge in [-0.25, -0.2) is 9.97 Å². The van der Waals surface area contributed by atoms with Crippen LogP contribution in [0.5, 0.6) is 0 Å². The highest BCUT2D eigenvalue weighted by molar-refractivity contribution is 7.80. The van der Waals surface area contributed by atoms with E-state index in [2.05, 4.69) is 22.6 Å². The smallest absolute Gasteiger partial charge is 0.126 e. The van der Waals surface area contributed by atoms with Gasteiger partial charge in [-0.1, -0.05) is 0 Å². The molecule has 13 heavy (non-hydrogen) atoms. The average Bonchev–Trinajstić information content (AvgIpc) is 2.06. The summed E-state index contributed by atoms with van der Waals surface area (Å²) in [6.45, 7) is 3.89. The van der Waals surface area contributed by atoms with Gasteiger partial charge in [0.1, 0.15) is 5.82 Å². The van der Waals surface area contributed by atoms with Crippen molar-refractivity contribution in [1.29, 1.82) is 0 Å². The average molecular weight is 190 g/mol. The van der Waals surface area contributed by atoms with Crippen LogP contribution in [0, 0.1) is 13.8 Å². The molecule has 0 unspecified atom stereocenters. The number of nitrogens with zero attached hydrogens (tertiary/aromatic N) is 2. The lowest BCUT2D eigenvalue weighted by Gasteiger charge is -2.02. The monoisotopic (exact) mass is 190 g/mol. The van der Waals surface area contributed by atoms with E-state index >= 15 is 0 Å². The summed E-state index contributed by atoms with van der Waals surface area (Å²) < 4.78 is 0. The number of benzene rings is 1. The maximum absolute atomic E-state index is 4.33. The van der Waals surface area contributed by atoms with Crippen molar-refractivity contribution >= 4 is 23.5 Å². The number of hydrogen-bond donors (Lipinski definition) is 1. The summed E-state index contributed by atoms with van der Waals surface area (Å²) in [5, 5.41) is 1.08. The molecule has 1 aromatic carbocycles. The van der Waals surface area contributed by atoms with E-state index in [1.54, 1.807) is 0 Å². The molecular weight excluding hydrogens is 180 g/mol. The van der Waals surface area contributed by atoms with Gasteiger partial charge in [0.25, 0.3) is 0 Å². The van der Waals surface area contributed by atoms with Crippen molar-refractivity contribution in [3.05, 3.63) is 29.7 Å². The Bertz CT molecular complexity index is 466. The Morgan fingerprint density at radius 2 is 1.92 bits per heavy atom. The minimum absolute atomic E-state index is 0.817. The Morgan fingerprint density at radius 3 is 2.69 bits per heavy atom. The van der Waals surface area contributed by atoms with Gasteiger partial charge in [0.05, 0.1) is 5.52 Å². The van der Waals surface area contributed by atoms with Crippen molar-refractivity contribution < 1.29 is 0 Å². The van der Waals surface area contributed by atoms with Crippen LogP contribution >= 0.6 is 12.6 Å². The third kappa shape index (κ3) is 1.52. The van der Waals surface area contributed by atoms with Crippen molar-refractivity contribution in [2.45, 2.75) is 18.7 Å². The number of rotatable bonds is 0. The van der Waals surface area contributed by atoms with Crippen molar-refractivity contribution in [1.82, 2.24) is 9.97 Å². The molecule has 0 radical (unpaired) electrons.